The molecule has 5 nitrogen and oxygen atoms in total. The van der Waals surface area contributed by atoms with Gasteiger partial charge >= 0.3 is 6.18 Å². The first-order valence-corrected chi connectivity index (χ1v) is 9.31. The second-order valence-corrected chi connectivity index (χ2v) is 7.19. The van der Waals surface area contributed by atoms with Crippen molar-refractivity contribution < 1.29 is 22.4 Å². The second-order valence-electron chi connectivity index (χ2n) is 7.19. The molecule has 4 rings (SSSR count). The largest absolute Gasteiger partial charge is 0.416 e. The van der Waals surface area contributed by atoms with Crippen LogP contribution < -0.4 is 0 Å². The van der Waals surface area contributed by atoms with Crippen molar-refractivity contribution >= 4 is 5.91 Å². The summed E-state index contributed by atoms with van der Waals surface area (Å²) in [6.45, 7) is 3.74. The highest BCUT2D eigenvalue weighted by Gasteiger charge is 2.38. The molecule has 2 heterocycles. The number of rotatable bonds is 2. The Morgan fingerprint density at radius 3 is 2.40 bits per heavy atom. The SMILES string of the molecule is Cc1c(C(=O)N2CCn3c(C)nnc3C2c2ccc(F)cc2)cccc1C(F)(F)F. The number of amides is 1. The maximum atomic E-state index is 13.5. The van der Waals surface area contributed by atoms with Gasteiger partial charge in [-0.15, -0.1) is 10.2 Å². The Labute approximate surface area is 170 Å². The number of aryl methyl sites for hydroxylation is 1. The second kappa shape index (κ2) is 7.23. The molecule has 1 aromatic heterocycles. The number of halogens is 4. The van der Waals surface area contributed by atoms with Gasteiger partial charge in [0.25, 0.3) is 5.91 Å². The average molecular weight is 418 g/mol. The molecule has 1 amide bonds. The topological polar surface area (TPSA) is 51.0 Å². The molecular weight excluding hydrogens is 400 g/mol. The van der Waals surface area contributed by atoms with Crippen LogP contribution in [-0.4, -0.2) is 32.1 Å². The molecule has 1 aliphatic heterocycles. The normalized spacial score (nSPS) is 16.5. The van der Waals surface area contributed by atoms with E-state index in [4.69, 9.17) is 0 Å². The van der Waals surface area contributed by atoms with Crippen molar-refractivity contribution in [2.45, 2.75) is 32.6 Å². The molecule has 156 valence electrons. The van der Waals surface area contributed by atoms with E-state index < -0.39 is 29.5 Å². The van der Waals surface area contributed by atoms with Gasteiger partial charge in [-0.1, -0.05) is 18.2 Å². The van der Waals surface area contributed by atoms with Crippen molar-refractivity contribution in [3.05, 3.63) is 82.2 Å². The van der Waals surface area contributed by atoms with E-state index in [9.17, 15) is 22.4 Å². The van der Waals surface area contributed by atoms with Crippen LogP contribution in [0.15, 0.2) is 42.5 Å². The summed E-state index contributed by atoms with van der Waals surface area (Å²) in [6, 6.07) is 8.51. The minimum atomic E-state index is -4.56. The molecule has 0 aliphatic carbocycles. The van der Waals surface area contributed by atoms with E-state index in [0.717, 1.165) is 6.07 Å². The summed E-state index contributed by atoms with van der Waals surface area (Å²) >= 11 is 0. The minimum Gasteiger partial charge on any atom is -0.322 e. The van der Waals surface area contributed by atoms with Gasteiger partial charge in [-0.25, -0.2) is 4.39 Å². The van der Waals surface area contributed by atoms with Crippen LogP contribution in [0.3, 0.4) is 0 Å². The van der Waals surface area contributed by atoms with Gasteiger partial charge in [-0.05, 0) is 49.2 Å². The molecule has 0 N–H and O–H groups in total. The van der Waals surface area contributed by atoms with Gasteiger partial charge in [0.05, 0.1) is 5.56 Å². The maximum absolute atomic E-state index is 13.5. The summed E-state index contributed by atoms with van der Waals surface area (Å²) < 4.78 is 55.3. The maximum Gasteiger partial charge on any atom is 0.416 e. The quantitative estimate of drug-likeness (QED) is 0.583. The monoisotopic (exact) mass is 418 g/mol. The van der Waals surface area contributed by atoms with Gasteiger partial charge in [-0.2, -0.15) is 13.2 Å². The molecule has 0 fully saturated rings. The first kappa shape index (κ1) is 20.1. The van der Waals surface area contributed by atoms with Gasteiger partial charge < -0.3 is 9.47 Å². The van der Waals surface area contributed by atoms with E-state index >= 15 is 0 Å². The lowest BCUT2D eigenvalue weighted by Gasteiger charge is -2.36. The molecular formula is C21H18F4N4O. The highest BCUT2D eigenvalue weighted by molar-refractivity contribution is 5.96. The summed E-state index contributed by atoms with van der Waals surface area (Å²) in [5.74, 6) is 0.182. The Morgan fingerprint density at radius 2 is 1.73 bits per heavy atom. The fourth-order valence-electron chi connectivity index (χ4n) is 3.87. The standard InChI is InChI=1S/C21H18F4N4O/c1-12-16(4-3-5-17(12)21(23,24)25)20(30)29-11-10-28-13(2)26-27-19(28)18(29)14-6-8-15(22)9-7-14/h3-9,18H,10-11H2,1-2H3. The molecule has 0 radical (unpaired) electrons. The third-order valence-electron chi connectivity index (χ3n) is 5.40. The van der Waals surface area contributed by atoms with Gasteiger partial charge in [0.1, 0.15) is 17.7 Å². The molecule has 1 aliphatic rings. The molecule has 0 spiro atoms. The predicted octanol–water partition coefficient (Wildman–Crippen LogP) is 4.30. The minimum absolute atomic E-state index is 0.0263. The van der Waals surface area contributed by atoms with Crippen molar-refractivity contribution in [3.8, 4) is 0 Å². The number of carbonyl (C=O) groups is 1. The first-order chi connectivity index (χ1) is 14.2. The Morgan fingerprint density at radius 1 is 1.03 bits per heavy atom. The molecule has 30 heavy (non-hydrogen) atoms. The van der Waals surface area contributed by atoms with E-state index in [0.29, 0.717) is 23.8 Å². The van der Waals surface area contributed by atoms with Crippen molar-refractivity contribution in [2.75, 3.05) is 6.54 Å². The fraction of sp³-hybridized carbons (Fsp3) is 0.286. The number of benzene rings is 2. The highest BCUT2D eigenvalue weighted by atomic mass is 19.4. The molecule has 3 aromatic rings. The van der Waals surface area contributed by atoms with Gasteiger partial charge in [0, 0.05) is 18.7 Å². The van der Waals surface area contributed by atoms with Crippen molar-refractivity contribution in [3.63, 3.8) is 0 Å². The third-order valence-corrected chi connectivity index (χ3v) is 5.40. The van der Waals surface area contributed by atoms with E-state index in [-0.39, 0.29) is 17.7 Å². The zero-order chi connectivity index (χ0) is 21.6. The lowest BCUT2D eigenvalue weighted by atomic mass is 9.97. The third kappa shape index (κ3) is 3.34. The summed E-state index contributed by atoms with van der Waals surface area (Å²) in [6.07, 6.45) is -4.56. The van der Waals surface area contributed by atoms with E-state index in [1.54, 1.807) is 19.1 Å². The van der Waals surface area contributed by atoms with E-state index in [2.05, 4.69) is 10.2 Å². The van der Waals surface area contributed by atoms with Crippen LogP contribution in [0.4, 0.5) is 17.6 Å². The number of nitrogens with zero attached hydrogens (tertiary/aromatic N) is 4. The summed E-state index contributed by atoms with van der Waals surface area (Å²) in [4.78, 5) is 14.9. The number of hydrogen-bond acceptors (Lipinski definition) is 3. The van der Waals surface area contributed by atoms with Crippen molar-refractivity contribution in [1.29, 1.82) is 0 Å². The highest BCUT2D eigenvalue weighted by Crippen LogP contribution is 2.36. The van der Waals surface area contributed by atoms with Crippen LogP contribution in [0.5, 0.6) is 0 Å². The Kier molecular flexibility index (Phi) is 4.83. The molecule has 0 saturated heterocycles. The van der Waals surface area contributed by atoms with Crippen LogP contribution in [0.25, 0.3) is 0 Å². The number of aromatic nitrogens is 3. The lowest BCUT2D eigenvalue weighted by Crippen LogP contribution is -2.43. The summed E-state index contributed by atoms with van der Waals surface area (Å²) in [7, 11) is 0. The van der Waals surface area contributed by atoms with Gasteiger partial charge in [0.15, 0.2) is 5.82 Å². The van der Waals surface area contributed by atoms with E-state index in [1.165, 1.54) is 36.1 Å². The number of alkyl halides is 3. The number of fused-ring (bicyclic) bond motifs is 1. The Bertz CT molecular complexity index is 1110. The van der Waals surface area contributed by atoms with Crippen LogP contribution in [-0.2, 0) is 12.7 Å². The smallest absolute Gasteiger partial charge is 0.322 e. The molecule has 0 saturated carbocycles. The zero-order valence-corrected chi connectivity index (χ0v) is 16.2. The van der Waals surface area contributed by atoms with Crippen molar-refractivity contribution in [2.24, 2.45) is 0 Å². The number of hydrogen-bond donors (Lipinski definition) is 0. The predicted molar refractivity (Wildman–Crippen MR) is 100 cm³/mol. The van der Waals surface area contributed by atoms with Crippen LogP contribution in [0.2, 0.25) is 0 Å². The molecule has 9 heteroatoms. The lowest BCUT2D eigenvalue weighted by molar-refractivity contribution is -0.138. The van der Waals surface area contributed by atoms with Gasteiger partial charge in [-0.3, -0.25) is 4.79 Å². The average Bonchev–Trinajstić information content (AvgIpc) is 3.08. The zero-order valence-electron chi connectivity index (χ0n) is 16.2. The van der Waals surface area contributed by atoms with E-state index in [1.807, 2.05) is 4.57 Å². The van der Waals surface area contributed by atoms with Crippen LogP contribution in [0, 0.1) is 19.7 Å². The Balaban J connectivity index is 1.81. The van der Waals surface area contributed by atoms with Crippen LogP contribution in [0.1, 0.15) is 44.7 Å². The Hall–Kier alpha value is -3.23. The van der Waals surface area contributed by atoms with Crippen LogP contribution >= 0.6 is 0 Å². The summed E-state index contributed by atoms with van der Waals surface area (Å²) in [5.41, 5.74) is -0.400. The van der Waals surface area contributed by atoms with Gasteiger partial charge in [0.2, 0.25) is 0 Å². The van der Waals surface area contributed by atoms with Crippen molar-refractivity contribution in [1.82, 2.24) is 19.7 Å². The fourth-order valence-corrected chi connectivity index (χ4v) is 3.87. The number of carbonyl (C=O) groups excluding carboxylic acids is 1. The first-order valence-electron chi connectivity index (χ1n) is 9.31. The molecule has 2 aromatic carbocycles. The molecule has 1 unspecified atom stereocenters. The summed E-state index contributed by atoms with van der Waals surface area (Å²) in [5, 5.41) is 8.26. The molecule has 0 bridgehead atoms. The molecule has 1 atom stereocenters.